The fourth-order valence-electron chi connectivity index (χ4n) is 6.72. The molecule has 0 N–H and O–H groups in total. The smallest absolute Gasteiger partial charge is 0.159 e. The number of anilines is 3. The minimum Gasteiger partial charge on any atom is -0.454 e. The van der Waals surface area contributed by atoms with Gasteiger partial charge in [-0.1, -0.05) is 127 Å². The van der Waals surface area contributed by atoms with E-state index in [-0.39, 0.29) is 0 Å². The molecular formula is C42H27NO. The SMILES string of the molecule is c1ccc(-c2ccc(N(c3ccc4ccc5ccccc5c4c3)c3cccc4c3oc3ccc5ccccc5c34)cc2)cc1. The molecule has 0 bridgehead atoms. The molecule has 0 aliphatic heterocycles. The van der Waals surface area contributed by atoms with Crippen LogP contribution in [0.1, 0.15) is 0 Å². The summed E-state index contributed by atoms with van der Waals surface area (Å²) < 4.78 is 6.72. The van der Waals surface area contributed by atoms with Gasteiger partial charge in [0.15, 0.2) is 5.58 Å². The second-order valence-electron chi connectivity index (χ2n) is 11.4. The summed E-state index contributed by atoms with van der Waals surface area (Å²) >= 11 is 0. The van der Waals surface area contributed by atoms with Gasteiger partial charge in [-0.2, -0.15) is 0 Å². The van der Waals surface area contributed by atoms with E-state index >= 15 is 0 Å². The van der Waals surface area contributed by atoms with Gasteiger partial charge >= 0.3 is 0 Å². The van der Waals surface area contributed by atoms with E-state index in [2.05, 4.69) is 169 Å². The molecule has 0 aliphatic rings. The Morgan fingerprint density at radius 1 is 0.386 bits per heavy atom. The van der Waals surface area contributed by atoms with E-state index in [4.69, 9.17) is 4.42 Å². The maximum Gasteiger partial charge on any atom is 0.159 e. The highest BCUT2D eigenvalue weighted by molar-refractivity contribution is 6.21. The van der Waals surface area contributed by atoms with Gasteiger partial charge in [0.2, 0.25) is 0 Å². The van der Waals surface area contributed by atoms with Crippen molar-refractivity contribution in [3.63, 3.8) is 0 Å². The maximum atomic E-state index is 6.72. The van der Waals surface area contributed by atoms with Crippen LogP contribution in [0.2, 0.25) is 0 Å². The van der Waals surface area contributed by atoms with Gasteiger partial charge in [0.25, 0.3) is 0 Å². The number of furan rings is 1. The van der Waals surface area contributed by atoms with Crippen LogP contribution in [0.5, 0.6) is 0 Å². The second-order valence-corrected chi connectivity index (χ2v) is 11.4. The van der Waals surface area contributed by atoms with E-state index in [0.717, 1.165) is 39.0 Å². The van der Waals surface area contributed by atoms with E-state index in [1.54, 1.807) is 0 Å². The molecule has 0 amide bonds. The van der Waals surface area contributed by atoms with Crippen LogP contribution in [0, 0.1) is 0 Å². The summed E-state index contributed by atoms with van der Waals surface area (Å²) in [7, 11) is 0. The highest BCUT2D eigenvalue weighted by atomic mass is 16.3. The fraction of sp³-hybridized carbons (Fsp3) is 0. The van der Waals surface area contributed by atoms with Gasteiger partial charge in [-0.15, -0.1) is 0 Å². The Kier molecular flexibility index (Phi) is 5.54. The van der Waals surface area contributed by atoms with Crippen molar-refractivity contribution in [1.82, 2.24) is 0 Å². The molecule has 0 aliphatic carbocycles. The predicted octanol–water partition coefficient (Wildman–Crippen LogP) is 12.2. The van der Waals surface area contributed by atoms with Gasteiger partial charge in [0.1, 0.15) is 5.58 Å². The molecule has 44 heavy (non-hydrogen) atoms. The molecule has 0 unspecified atom stereocenters. The standard InChI is InChI=1S/C42H27NO/c1-2-9-28(10-3-1)29-19-23-33(24-20-29)43(34-25-21-32-18-17-30-11-4-6-13-35(30)38(32)27-34)39-16-8-15-37-41-36-14-7-5-12-31(36)22-26-40(41)44-42(37)39/h1-27H. The topological polar surface area (TPSA) is 16.4 Å². The van der Waals surface area contributed by atoms with Crippen LogP contribution >= 0.6 is 0 Å². The third-order valence-electron chi connectivity index (χ3n) is 8.83. The quantitative estimate of drug-likeness (QED) is 0.199. The van der Waals surface area contributed by atoms with Gasteiger partial charge in [-0.3, -0.25) is 0 Å². The van der Waals surface area contributed by atoms with Crippen LogP contribution < -0.4 is 4.90 Å². The highest BCUT2D eigenvalue weighted by Gasteiger charge is 2.21. The lowest BCUT2D eigenvalue weighted by Crippen LogP contribution is -2.10. The number of rotatable bonds is 4. The Morgan fingerprint density at radius 2 is 0.977 bits per heavy atom. The fourth-order valence-corrected chi connectivity index (χ4v) is 6.72. The molecule has 2 heteroatoms. The van der Waals surface area contributed by atoms with Gasteiger partial charge in [0.05, 0.1) is 5.69 Å². The normalized spacial score (nSPS) is 11.6. The minimum atomic E-state index is 0.879. The number of benzene rings is 8. The van der Waals surface area contributed by atoms with Crippen molar-refractivity contribution in [2.75, 3.05) is 4.90 Å². The van der Waals surface area contributed by atoms with Crippen molar-refractivity contribution in [3.05, 3.63) is 164 Å². The lowest BCUT2D eigenvalue weighted by molar-refractivity contribution is 0.669. The maximum absolute atomic E-state index is 6.72. The van der Waals surface area contributed by atoms with Crippen LogP contribution in [0.3, 0.4) is 0 Å². The first kappa shape index (κ1) is 24.7. The Morgan fingerprint density at radius 3 is 1.80 bits per heavy atom. The zero-order valence-corrected chi connectivity index (χ0v) is 23.9. The number of hydrogen-bond acceptors (Lipinski definition) is 2. The van der Waals surface area contributed by atoms with E-state index < -0.39 is 0 Å². The zero-order valence-electron chi connectivity index (χ0n) is 23.9. The Bertz CT molecular complexity index is 2490. The molecule has 0 saturated heterocycles. The van der Waals surface area contributed by atoms with Gasteiger partial charge in [-0.25, -0.2) is 0 Å². The van der Waals surface area contributed by atoms with Crippen LogP contribution in [0.15, 0.2) is 168 Å². The van der Waals surface area contributed by atoms with Crippen molar-refractivity contribution < 1.29 is 4.42 Å². The van der Waals surface area contributed by atoms with Crippen molar-refractivity contribution >= 4 is 71.3 Å². The van der Waals surface area contributed by atoms with Gasteiger partial charge < -0.3 is 9.32 Å². The molecule has 9 aromatic rings. The molecule has 2 nitrogen and oxygen atoms in total. The number of nitrogens with zero attached hydrogens (tertiary/aromatic N) is 1. The first-order valence-electron chi connectivity index (χ1n) is 15.0. The Hall–Kier alpha value is -5.86. The molecule has 0 saturated carbocycles. The van der Waals surface area contributed by atoms with E-state index in [9.17, 15) is 0 Å². The van der Waals surface area contributed by atoms with Gasteiger partial charge in [-0.05, 0) is 79.8 Å². The first-order chi connectivity index (χ1) is 21.8. The molecular weight excluding hydrogens is 534 g/mol. The average molecular weight is 562 g/mol. The number of hydrogen-bond donors (Lipinski definition) is 0. The summed E-state index contributed by atoms with van der Waals surface area (Å²) in [6.07, 6.45) is 0. The largest absolute Gasteiger partial charge is 0.454 e. The van der Waals surface area contributed by atoms with E-state index in [0.29, 0.717) is 0 Å². The molecule has 0 spiro atoms. The highest BCUT2D eigenvalue weighted by Crippen LogP contribution is 2.44. The van der Waals surface area contributed by atoms with Crippen molar-refractivity contribution in [2.45, 2.75) is 0 Å². The lowest BCUT2D eigenvalue weighted by atomic mass is 10.0. The Balaban J connectivity index is 1.31. The third kappa shape index (κ3) is 3.89. The molecule has 8 aromatic carbocycles. The summed E-state index contributed by atoms with van der Waals surface area (Å²) in [6.45, 7) is 0. The third-order valence-corrected chi connectivity index (χ3v) is 8.83. The van der Waals surface area contributed by atoms with Crippen molar-refractivity contribution in [1.29, 1.82) is 0 Å². The van der Waals surface area contributed by atoms with Crippen LogP contribution in [-0.2, 0) is 0 Å². The predicted molar refractivity (Wildman–Crippen MR) is 186 cm³/mol. The van der Waals surface area contributed by atoms with E-state index in [1.807, 2.05) is 0 Å². The summed E-state index contributed by atoms with van der Waals surface area (Å²) in [5, 5.41) is 9.63. The van der Waals surface area contributed by atoms with Crippen molar-refractivity contribution in [2.24, 2.45) is 0 Å². The van der Waals surface area contributed by atoms with Crippen LogP contribution in [-0.4, -0.2) is 0 Å². The number of fused-ring (bicyclic) bond motifs is 8. The molecule has 0 atom stereocenters. The van der Waals surface area contributed by atoms with Crippen molar-refractivity contribution in [3.8, 4) is 11.1 Å². The molecule has 0 radical (unpaired) electrons. The monoisotopic (exact) mass is 561 g/mol. The van der Waals surface area contributed by atoms with E-state index in [1.165, 1.54) is 43.4 Å². The molecule has 9 rings (SSSR count). The average Bonchev–Trinajstić information content (AvgIpc) is 3.49. The molecule has 1 heterocycles. The molecule has 1 aromatic heterocycles. The second kappa shape index (κ2) is 9.86. The molecule has 0 fully saturated rings. The minimum absolute atomic E-state index is 0.879. The summed E-state index contributed by atoms with van der Waals surface area (Å²) in [5.74, 6) is 0. The summed E-state index contributed by atoms with van der Waals surface area (Å²) in [5.41, 5.74) is 7.33. The first-order valence-corrected chi connectivity index (χ1v) is 15.0. The Labute approximate surface area is 255 Å². The number of para-hydroxylation sites is 1. The summed E-state index contributed by atoms with van der Waals surface area (Å²) in [6, 6.07) is 58.5. The van der Waals surface area contributed by atoms with Crippen LogP contribution in [0.25, 0.3) is 65.4 Å². The lowest BCUT2D eigenvalue weighted by Gasteiger charge is -2.26. The zero-order chi connectivity index (χ0) is 29.0. The van der Waals surface area contributed by atoms with Crippen LogP contribution in [0.4, 0.5) is 17.1 Å². The molecule has 206 valence electrons. The summed E-state index contributed by atoms with van der Waals surface area (Å²) in [4.78, 5) is 2.34. The van der Waals surface area contributed by atoms with Gasteiger partial charge in [0, 0.05) is 22.1 Å².